The van der Waals surface area contributed by atoms with E-state index in [1.165, 1.54) is 0 Å². The summed E-state index contributed by atoms with van der Waals surface area (Å²) in [5.41, 5.74) is 0. The molecule has 0 amide bonds. The molecule has 0 unspecified atom stereocenters. The maximum Gasteiger partial charge on any atom is 4.00 e. The van der Waals surface area contributed by atoms with E-state index in [0.29, 0.717) is 0 Å². The first-order valence-corrected chi connectivity index (χ1v) is 0. The van der Waals surface area contributed by atoms with E-state index in [2.05, 4.69) is 0 Å². The van der Waals surface area contributed by atoms with Crippen LogP contribution in [0, 0.1) is 0 Å². The molecule has 0 aliphatic heterocycles. The summed E-state index contributed by atoms with van der Waals surface area (Å²) in [6, 6.07) is 0. The van der Waals surface area contributed by atoms with Crippen LogP contribution in [0.25, 0.3) is 0 Å². The Kier molecular flexibility index (Phi) is 225. The van der Waals surface area contributed by atoms with Gasteiger partial charge >= 0.3 is 38.8 Å². The maximum absolute atomic E-state index is 0. The van der Waals surface area contributed by atoms with Crippen LogP contribution in [0.3, 0.4) is 0 Å². The molecule has 0 saturated heterocycles. The van der Waals surface area contributed by atoms with Gasteiger partial charge in [-0.2, -0.15) is 0 Å². The van der Waals surface area contributed by atoms with Gasteiger partial charge in [-0.1, -0.05) is 0 Å². The van der Waals surface area contributed by atoms with Crippen molar-refractivity contribution >= 4 is 0 Å². The van der Waals surface area contributed by atoms with E-state index in [0.717, 1.165) is 0 Å². The van der Waals surface area contributed by atoms with Crippen molar-refractivity contribution in [1.29, 1.82) is 0 Å². The molecule has 1 nitrogen and oxygen atoms in total. The number of rotatable bonds is 0. The molecule has 0 aromatic carbocycles. The third-order valence-corrected chi connectivity index (χ3v) is 0. The Morgan fingerprint density at radius 2 is 1.00 bits per heavy atom. The second-order valence-electron chi connectivity index (χ2n) is 0. The molecule has 1 radical (unpaired) electrons. The molecule has 0 bridgehead atoms. The van der Waals surface area contributed by atoms with Crippen LogP contribution in [-0.4, -0.2) is 0 Å². The predicted octanol–water partition coefficient (Wildman–Crippen LogP) is -0.126. The van der Waals surface area contributed by atoms with E-state index >= 15 is 0 Å². The van der Waals surface area contributed by atoms with Crippen LogP contribution in [0.1, 0.15) is 0 Å². The Labute approximate surface area is 62.5 Å². The zero-order chi connectivity index (χ0) is 0. The smallest absolute Gasteiger partial charge is 2.00 e. The van der Waals surface area contributed by atoms with Gasteiger partial charge < -0.3 is 5.48 Å². The fraction of sp³-hybridized carbons (Fsp3) is 0. The predicted molar refractivity (Wildman–Crippen MR) is 0.686 cm³/mol. The van der Waals surface area contributed by atoms with Crippen molar-refractivity contribution in [1.82, 2.24) is 0 Å². The zero-order valence-corrected chi connectivity index (χ0v) is 5.77. The van der Waals surface area contributed by atoms with Crippen LogP contribution in [0.2, 0.25) is 0 Å². The van der Waals surface area contributed by atoms with Gasteiger partial charge in [0.2, 0.25) is 0 Å². The average Bonchev–Trinajstić information content (AvgIpc) is 0. The van der Waals surface area contributed by atoms with E-state index in [1.54, 1.807) is 0 Å². The normalized spacial score (nSPS) is 0. The minimum Gasteiger partial charge on any atom is -2.00 e. The molecule has 0 aliphatic rings. The van der Waals surface area contributed by atoms with Crippen molar-refractivity contribution < 1.29 is 62.8 Å². The van der Waals surface area contributed by atoms with Crippen molar-refractivity contribution in [2.24, 2.45) is 0 Å². The van der Waals surface area contributed by atoms with Gasteiger partial charge in [0.15, 0.2) is 0 Å². The van der Waals surface area contributed by atoms with Crippen LogP contribution in [0.4, 0.5) is 0 Å². The first-order chi connectivity index (χ1) is 0. The van der Waals surface area contributed by atoms with E-state index in [-0.39, 0.29) is 62.8 Å². The fourth-order valence-corrected chi connectivity index (χ4v) is 0. The van der Waals surface area contributed by atoms with E-state index in [1.807, 2.05) is 0 Å². The van der Waals surface area contributed by atoms with Gasteiger partial charge in [-0.3, -0.25) is 0 Å². The van der Waals surface area contributed by atoms with Crippen molar-refractivity contribution in [3.8, 4) is 0 Å². The third-order valence-electron chi connectivity index (χ3n) is 0. The zero-order valence-electron chi connectivity index (χ0n) is 1.71. The molecule has 0 fully saturated rings. The minimum atomic E-state index is 0. The largest absolute Gasteiger partial charge is 4.00 e. The molecule has 0 aliphatic carbocycles. The number of hydrogen-bond donors (Lipinski definition) is 0. The average molecular weight is 171 g/mol. The van der Waals surface area contributed by atoms with Crippen LogP contribution >= 0.6 is 0 Å². The second kappa shape index (κ2) is 21.6. The Bertz CT molecular complexity index is 8.00. The van der Waals surface area contributed by atoms with Gasteiger partial charge in [-0.05, 0) is 0 Å². The fourth-order valence-electron chi connectivity index (χ4n) is 0. The molecular formula is FeOTiV+4. The van der Waals surface area contributed by atoms with Crippen molar-refractivity contribution in [3.63, 3.8) is 0 Å². The molecule has 0 aromatic heterocycles. The molecule has 4 heavy (non-hydrogen) atoms. The Hall–Kier alpha value is 1.78. The molecule has 0 N–H and O–H groups in total. The minimum absolute atomic E-state index is 0. The van der Waals surface area contributed by atoms with Gasteiger partial charge in [0.05, 0.1) is 0 Å². The third kappa shape index (κ3) is 9.22. The van der Waals surface area contributed by atoms with E-state index < -0.39 is 0 Å². The monoisotopic (exact) mass is 171 g/mol. The molecule has 0 heterocycles. The first kappa shape index (κ1) is 41.7. The van der Waals surface area contributed by atoms with Crippen LogP contribution in [-0.2, 0) is 62.8 Å². The van der Waals surface area contributed by atoms with Gasteiger partial charge in [0.1, 0.15) is 0 Å². The number of hydrogen-bond acceptors (Lipinski definition) is 0. The summed E-state index contributed by atoms with van der Waals surface area (Å²) < 4.78 is 0. The summed E-state index contributed by atoms with van der Waals surface area (Å²) in [5.74, 6) is 0. The molecule has 0 aromatic rings. The van der Waals surface area contributed by atoms with Crippen LogP contribution in [0.5, 0.6) is 0 Å². The molecule has 0 rings (SSSR count). The quantitative estimate of drug-likeness (QED) is 0.454. The topological polar surface area (TPSA) is 28.5 Å². The summed E-state index contributed by atoms with van der Waals surface area (Å²) in [7, 11) is 0. The van der Waals surface area contributed by atoms with Crippen LogP contribution in [0.15, 0.2) is 0 Å². The molecular weight excluding hydrogens is 171 g/mol. The summed E-state index contributed by atoms with van der Waals surface area (Å²) >= 11 is 0. The molecule has 0 spiro atoms. The summed E-state index contributed by atoms with van der Waals surface area (Å²) in [6.45, 7) is 0. The standard InChI is InChI=1S/Fe.O.Ti.V/q+2;-2;+4;. The van der Waals surface area contributed by atoms with Crippen molar-refractivity contribution in [3.05, 3.63) is 0 Å². The van der Waals surface area contributed by atoms with E-state index in [4.69, 9.17) is 0 Å². The maximum atomic E-state index is 0. The van der Waals surface area contributed by atoms with Gasteiger partial charge in [0, 0.05) is 18.6 Å². The summed E-state index contributed by atoms with van der Waals surface area (Å²) in [4.78, 5) is 0. The van der Waals surface area contributed by atoms with Crippen LogP contribution < -0.4 is 0 Å². The first-order valence-electron chi connectivity index (χ1n) is 0. The van der Waals surface area contributed by atoms with Gasteiger partial charge in [0.25, 0.3) is 0 Å². The Morgan fingerprint density at radius 1 is 1.00 bits per heavy atom. The molecule has 19 valence electrons. The molecule has 0 atom stereocenters. The summed E-state index contributed by atoms with van der Waals surface area (Å²) in [5, 5.41) is 0. The molecule has 0 saturated carbocycles. The SMILES string of the molecule is [Fe+2].[O-2].[Ti+4].[V]. The van der Waals surface area contributed by atoms with E-state index in [9.17, 15) is 0 Å². The second-order valence-corrected chi connectivity index (χ2v) is 0. The van der Waals surface area contributed by atoms with Crippen molar-refractivity contribution in [2.75, 3.05) is 0 Å². The molecule has 4 heteroatoms. The summed E-state index contributed by atoms with van der Waals surface area (Å²) in [6.07, 6.45) is 0. The Balaban J connectivity index is 0. The van der Waals surface area contributed by atoms with Gasteiger partial charge in [-0.25, -0.2) is 0 Å². The Morgan fingerprint density at radius 3 is 1.00 bits per heavy atom. The van der Waals surface area contributed by atoms with Gasteiger partial charge in [-0.15, -0.1) is 0 Å². The van der Waals surface area contributed by atoms with Crippen molar-refractivity contribution in [2.45, 2.75) is 0 Å².